The van der Waals surface area contributed by atoms with Crippen LogP contribution in [-0.2, 0) is 4.74 Å². The summed E-state index contributed by atoms with van der Waals surface area (Å²) >= 11 is 0. The molecule has 0 saturated heterocycles. The third kappa shape index (κ3) is 4.61. The third-order valence-electron chi connectivity index (χ3n) is 2.77. The van der Waals surface area contributed by atoms with E-state index in [0.29, 0.717) is 5.69 Å². The van der Waals surface area contributed by atoms with Crippen LogP contribution in [0.3, 0.4) is 0 Å². The number of aryl methyl sites for hydroxylation is 1. The quantitative estimate of drug-likeness (QED) is 0.798. The Morgan fingerprint density at radius 2 is 2.18 bits per heavy atom. The molecule has 0 atom stereocenters. The van der Waals surface area contributed by atoms with Crippen molar-refractivity contribution in [2.45, 2.75) is 27.2 Å². The summed E-state index contributed by atoms with van der Waals surface area (Å²) in [6.45, 7) is 7.98. The summed E-state index contributed by atoms with van der Waals surface area (Å²) in [5.41, 5.74) is 7.84. The van der Waals surface area contributed by atoms with E-state index in [1.165, 1.54) is 0 Å². The standard InChI is InChI=1S/C13H23N3O/c1-10-7-11(14)12(15-8-10)16-9-13(2,3)5-6-17-4/h7-8H,5-6,9,14H2,1-4H3,(H,15,16). The van der Waals surface area contributed by atoms with Gasteiger partial charge in [-0.3, -0.25) is 0 Å². The molecular weight excluding hydrogens is 214 g/mol. The Balaban J connectivity index is 2.54. The molecule has 1 aromatic rings. The molecule has 0 unspecified atom stereocenters. The van der Waals surface area contributed by atoms with Crippen LogP contribution in [0.2, 0.25) is 0 Å². The second kappa shape index (κ2) is 5.87. The van der Waals surface area contributed by atoms with Gasteiger partial charge in [-0.1, -0.05) is 13.8 Å². The molecule has 17 heavy (non-hydrogen) atoms. The fourth-order valence-corrected chi connectivity index (χ4v) is 1.53. The van der Waals surface area contributed by atoms with Gasteiger partial charge in [0.25, 0.3) is 0 Å². The second-order valence-corrected chi connectivity index (χ2v) is 5.21. The minimum Gasteiger partial charge on any atom is -0.396 e. The molecule has 0 aliphatic carbocycles. The highest BCUT2D eigenvalue weighted by Gasteiger charge is 2.17. The Morgan fingerprint density at radius 1 is 1.47 bits per heavy atom. The molecule has 0 bridgehead atoms. The maximum atomic E-state index is 5.90. The molecule has 1 aromatic heterocycles. The average molecular weight is 237 g/mol. The number of hydrogen-bond donors (Lipinski definition) is 2. The fraction of sp³-hybridized carbons (Fsp3) is 0.615. The largest absolute Gasteiger partial charge is 0.396 e. The van der Waals surface area contributed by atoms with Gasteiger partial charge in [0.05, 0.1) is 5.69 Å². The number of methoxy groups -OCH3 is 1. The van der Waals surface area contributed by atoms with E-state index in [0.717, 1.165) is 31.0 Å². The summed E-state index contributed by atoms with van der Waals surface area (Å²) in [5.74, 6) is 0.765. The lowest BCUT2D eigenvalue weighted by molar-refractivity contribution is 0.157. The van der Waals surface area contributed by atoms with Crippen molar-refractivity contribution in [3.63, 3.8) is 0 Å². The van der Waals surface area contributed by atoms with Gasteiger partial charge in [-0.05, 0) is 30.4 Å². The fourth-order valence-electron chi connectivity index (χ4n) is 1.53. The van der Waals surface area contributed by atoms with E-state index in [1.54, 1.807) is 7.11 Å². The molecule has 0 amide bonds. The van der Waals surface area contributed by atoms with Crippen LogP contribution in [0, 0.1) is 12.3 Å². The Labute approximate surface area is 104 Å². The normalized spacial score (nSPS) is 11.5. The summed E-state index contributed by atoms with van der Waals surface area (Å²) in [4.78, 5) is 4.29. The number of nitrogens with two attached hydrogens (primary N) is 1. The van der Waals surface area contributed by atoms with Crippen molar-refractivity contribution < 1.29 is 4.74 Å². The Bertz CT molecular complexity index is 364. The molecule has 4 heteroatoms. The molecule has 4 nitrogen and oxygen atoms in total. The van der Waals surface area contributed by atoms with E-state index in [9.17, 15) is 0 Å². The first-order chi connectivity index (χ1) is 7.94. The van der Waals surface area contributed by atoms with Crippen LogP contribution in [0.5, 0.6) is 0 Å². The number of hydrogen-bond acceptors (Lipinski definition) is 4. The van der Waals surface area contributed by atoms with Crippen molar-refractivity contribution in [2.75, 3.05) is 31.3 Å². The van der Waals surface area contributed by atoms with Gasteiger partial charge >= 0.3 is 0 Å². The van der Waals surface area contributed by atoms with Gasteiger partial charge in [-0.25, -0.2) is 4.98 Å². The van der Waals surface area contributed by atoms with E-state index >= 15 is 0 Å². The minimum absolute atomic E-state index is 0.162. The lowest BCUT2D eigenvalue weighted by atomic mass is 9.90. The van der Waals surface area contributed by atoms with Crippen LogP contribution in [0.25, 0.3) is 0 Å². The van der Waals surface area contributed by atoms with Crippen molar-refractivity contribution >= 4 is 11.5 Å². The van der Waals surface area contributed by atoms with Crippen molar-refractivity contribution in [1.82, 2.24) is 4.98 Å². The zero-order valence-electron chi connectivity index (χ0n) is 11.2. The maximum absolute atomic E-state index is 5.90. The van der Waals surface area contributed by atoms with Crippen LogP contribution in [0.15, 0.2) is 12.3 Å². The highest BCUT2D eigenvalue weighted by molar-refractivity contribution is 5.61. The van der Waals surface area contributed by atoms with E-state index in [4.69, 9.17) is 10.5 Å². The number of aromatic nitrogens is 1. The maximum Gasteiger partial charge on any atom is 0.149 e. The monoisotopic (exact) mass is 237 g/mol. The van der Waals surface area contributed by atoms with Crippen LogP contribution >= 0.6 is 0 Å². The number of nitrogen functional groups attached to an aromatic ring is 1. The molecule has 0 aliphatic heterocycles. The number of pyridine rings is 1. The molecule has 3 N–H and O–H groups in total. The molecule has 0 radical (unpaired) electrons. The minimum atomic E-state index is 0.162. The smallest absolute Gasteiger partial charge is 0.149 e. The Morgan fingerprint density at radius 3 is 2.76 bits per heavy atom. The predicted molar refractivity (Wildman–Crippen MR) is 72.2 cm³/mol. The topological polar surface area (TPSA) is 60.2 Å². The van der Waals surface area contributed by atoms with Crippen molar-refractivity contribution in [1.29, 1.82) is 0 Å². The Kier molecular flexibility index (Phi) is 4.75. The predicted octanol–water partition coefficient (Wildman–Crippen LogP) is 2.45. The second-order valence-electron chi connectivity index (χ2n) is 5.21. The van der Waals surface area contributed by atoms with Crippen LogP contribution in [0.1, 0.15) is 25.8 Å². The highest BCUT2D eigenvalue weighted by atomic mass is 16.5. The first-order valence-electron chi connectivity index (χ1n) is 5.89. The molecule has 0 aliphatic rings. The van der Waals surface area contributed by atoms with E-state index < -0.39 is 0 Å². The number of nitrogens with one attached hydrogen (secondary N) is 1. The van der Waals surface area contributed by atoms with Crippen molar-refractivity contribution in [3.8, 4) is 0 Å². The summed E-state index contributed by atoms with van der Waals surface area (Å²) in [7, 11) is 1.73. The van der Waals surface area contributed by atoms with E-state index in [-0.39, 0.29) is 5.41 Å². The van der Waals surface area contributed by atoms with Crippen LogP contribution in [-0.4, -0.2) is 25.2 Å². The van der Waals surface area contributed by atoms with Gasteiger partial charge in [-0.15, -0.1) is 0 Å². The third-order valence-corrected chi connectivity index (χ3v) is 2.77. The molecule has 0 fully saturated rings. The van der Waals surface area contributed by atoms with Gasteiger partial charge in [-0.2, -0.15) is 0 Å². The molecule has 0 aromatic carbocycles. The number of nitrogens with zero attached hydrogens (tertiary/aromatic N) is 1. The highest BCUT2D eigenvalue weighted by Crippen LogP contribution is 2.23. The zero-order chi connectivity index (χ0) is 12.9. The van der Waals surface area contributed by atoms with E-state index in [2.05, 4.69) is 24.1 Å². The molecule has 1 heterocycles. The molecule has 0 spiro atoms. The molecular formula is C13H23N3O. The van der Waals surface area contributed by atoms with Gasteiger partial charge < -0.3 is 15.8 Å². The SMILES string of the molecule is COCCC(C)(C)CNc1ncc(C)cc1N. The van der Waals surface area contributed by atoms with Gasteiger partial charge in [0.2, 0.25) is 0 Å². The summed E-state index contributed by atoms with van der Waals surface area (Å²) in [6.07, 6.45) is 2.82. The van der Waals surface area contributed by atoms with Gasteiger partial charge in [0.1, 0.15) is 5.82 Å². The summed E-state index contributed by atoms with van der Waals surface area (Å²) in [5, 5.41) is 3.30. The van der Waals surface area contributed by atoms with Crippen molar-refractivity contribution in [3.05, 3.63) is 17.8 Å². The average Bonchev–Trinajstić information content (AvgIpc) is 2.25. The lowest BCUT2D eigenvalue weighted by Crippen LogP contribution is -2.25. The summed E-state index contributed by atoms with van der Waals surface area (Å²) in [6, 6.07) is 1.93. The number of rotatable bonds is 6. The summed E-state index contributed by atoms with van der Waals surface area (Å²) < 4.78 is 5.10. The first kappa shape index (κ1) is 13.8. The zero-order valence-corrected chi connectivity index (χ0v) is 11.2. The number of ether oxygens (including phenoxy) is 1. The van der Waals surface area contributed by atoms with E-state index in [1.807, 2.05) is 19.2 Å². The molecule has 96 valence electrons. The Hall–Kier alpha value is -1.29. The lowest BCUT2D eigenvalue weighted by Gasteiger charge is -2.25. The molecule has 0 saturated carbocycles. The van der Waals surface area contributed by atoms with Gasteiger partial charge in [0, 0.05) is 26.5 Å². The van der Waals surface area contributed by atoms with Gasteiger partial charge in [0.15, 0.2) is 0 Å². The van der Waals surface area contributed by atoms with Crippen LogP contribution < -0.4 is 11.1 Å². The van der Waals surface area contributed by atoms with Crippen molar-refractivity contribution in [2.24, 2.45) is 5.41 Å². The number of anilines is 2. The van der Waals surface area contributed by atoms with Crippen LogP contribution in [0.4, 0.5) is 11.5 Å². The molecule has 1 rings (SSSR count). The first-order valence-corrected chi connectivity index (χ1v) is 5.89.